The van der Waals surface area contributed by atoms with Crippen LogP contribution >= 0.6 is 0 Å². The number of ether oxygens (including phenoxy) is 1. The molecule has 0 fully saturated rings. The van der Waals surface area contributed by atoms with Crippen LogP contribution < -0.4 is 4.90 Å². The number of hydrogen-bond donors (Lipinski definition) is 0. The van der Waals surface area contributed by atoms with Crippen LogP contribution in [-0.2, 0) is 4.74 Å². The topological polar surface area (TPSA) is 29.5 Å². The van der Waals surface area contributed by atoms with Crippen molar-refractivity contribution in [2.24, 2.45) is 0 Å². The number of anilines is 1. The fourth-order valence-corrected chi connectivity index (χ4v) is 2.03. The highest BCUT2D eigenvalue weighted by atomic mass is 16.6. The van der Waals surface area contributed by atoms with Crippen LogP contribution in [0.15, 0.2) is 24.3 Å². The number of amides is 1. The Morgan fingerprint density at radius 2 is 2.24 bits per heavy atom. The molecule has 1 atom stereocenters. The summed E-state index contributed by atoms with van der Waals surface area (Å²) in [6, 6.07) is 6.09. The van der Waals surface area contributed by atoms with Gasteiger partial charge in [-0.3, -0.25) is 4.90 Å². The van der Waals surface area contributed by atoms with Gasteiger partial charge in [0.25, 0.3) is 0 Å². The van der Waals surface area contributed by atoms with Crippen LogP contribution in [0.1, 0.15) is 25.0 Å². The molecule has 0 aliphatic carbocycles. The quantitative estimate of drug-likeness (QED) is 0.741. The van der Waals surface area contributed by atoms with Gasteiger partial charge >= 0.3 is 6.09 Å². The van der Waals surface area contributed by atoms with E-state index in [0.717, 1.165) is 11.3 Å². The number of benzene rings is 1. The number of nitrogens with zero attached hydrogens (tertiary/aromatic N) is 1. The second kappa shape index (κ2) is 4.62. The fraction of sp³-hybridized carbons (Fsp3) is 0.357. The summed E-state index contributed by atoms with van der Waals surface area (Å²) in [6.45, 7) is 6.24. The van der Waals surface area contributed by atoms with Crippen molar-refractivity contribution in [3.8, 4) is 0 Å². The Kier molecular flexibility index (Phi) is 3.18. The summed E-state index contributed by atoms with van der Waals surface area (Å²) in [6.07, 6.45) is 3.79. The zero-order chi connectivity index (χ0) is 12.4. The summed E-state index contributed by atoms with van der Waals surface area (Å²) >= 11 is 0. The predicted molar refractivity (Wildman–Crippen MR) is 69.2 cm³/mol. The van der Waals surface area contributed by atoms with Gasteiger partial charge in [-0.15, -0.1) is 0 Å². The first kappa shape index (κ1) is 11.7. The molecule has 3 nitrogen and oxygen atoms in total. The van der Waals surface area contributed by atoms with Gasteiger partial charge in [0.15, 0.2) is 0 Å². The van der Waals surface area contributed by atoms with Gasteiger partial charge in [0.1, 0.15) is 0 Å². The van der Waals surface area contributed by atoms with Crippen molar-refractivity contribution in [2.75, 3.05) is 11.5 Å². The van der Waals surface area contributed by atoms with Crippen molar-refractivity contribution in [3.05, 3.63) is 35.4 Å². The maximum atomic E-state index is 11.9. The van der Waals surface area contributed by atoms with E-state index in [2.05, 4.69) is 12.1 Å². The molecular formula is C14H17NO2. The molecule has 0 bridgehead atoms. The minimum atomic E-state index is -0.283. The maximum absolute atomic E-state index is 11.9. The van der Waals surface area contributed by atoms with E-state index in [0.29, 0.717) is 6.61 Å². The molecule has 17 heavy (non-hydrogen) atoms. The van der Waals surface area contributed by atoms with Gasteiger partial charge in [-0.2, -0.15) is 0 Å². The van der Waals surface area contributed by atoms with E-state index in [-0.39, 0.29) is 12.1 Å². The molecule has 1 aromatic carbocycles. The zero-order valence-electron chi connectivity index (χ0n) is 10.4. The van der Waals surface area contributed by atoms with Crippen LogP contribution in [0, 0.1) is 6.92 Å². The third-order valence-corrected chi connectivity index (χ3v) is 2.87. The Labute approximate surface area is 102 Å². The molecule has 0 N–H and O–H groups in total. The molecule has 0 radical (unpaired) electrons. The highest BCUT2D eigenvalue weighted by Gasteiger charge is 2.26. The minimum absolute atomic E-state index is 0.0317. The summed E-state index contributed by atoms with van der Waals surface area (Å²) < 4.78 is 5.09. The lowest BCUT2D eigenvalue weighted by molar-refractivity contribution is 0.158. The molecular weight excluding hydrogens is 214 g/mol. The SMILES string of the molecule is CCOC(=O)N1c2ccc(C)cc2C=CC1C. The normalized spacial score (nSPS) is 17.8. The Hall–Kier alpha value is -1.77. The molecule has 3 heteroatoms. The Bertz CT molecular complexity index is 465. The average molecular weight is 231 g/mol. The summed E-state index contributed by atoms with van der Waals surface area (Å²) in [7, 11) is 0. The van der Waals surface area contributed by atoms with Gasteiger partial charge in [-0.25, -0.2) is 4.79 Å². The van der Waals surface area contributed by atoms with Gasteiger partial charge in [0.05, 0.1) is 18.3 Å². The second-order valence-corrected chi connectivity index (χ2v) is 4.23. The summed E-state index contributed by atoms with van der Waals surface area (Å²) in [5, 5.41) is 0. The predicted octanol–water partition coefficient (Wildman–Crippen LogP) is 3.37. The standard InChI is InChI=1S/C14H17NO2/c1-4-17-14(16)15-11(3)6-7-12-9-10(2)5-8-13(12)15/h5-9,11H,4H2,1-3H3. The van der Waals surface area contributed by atoms with Gasteiger partial charge in [0, 0.05) is 0 Å². The van der Waals surface area contributed by atoms with Gasteiger partial charge in [0.2, 0.25) is 0 Å². The van der Waals surface area contributed by atoms with E-state index in [1.165, 1.54) is 5.56 Å². The average Bonchev–Trinajstić information content (AvgIpc) is 2.29. The van der Waals surface area contributed by atoms with Crippen LogP contribution in [0.3, 0.4) is 0 Å². The van der Waals surface area contributed by atoms with Crippen LogP contribution in [0.25, 0.3) is 6.08 Å². The first-order valence-electron chi connectivity index (χ1n) is 5.88. The summed E-state index contributed by atoms with van der Waals surface area (Å²) in [5.74, 6) is 0. The molecule has 1 aromatic rings. The van der Waals surface area contributed by atoms with E-state index >= 15 is 0 Å². The Morgan fingerprint density at radius 3 is 2.94 bits per heavy atom. The molecule has 0 aromatic heterocycles. The molecule has 2 rings (SSSR count). The third kappa shape index (κ3) is 2.18. The smallest absolute Gasteiger partial charge is 0.414 e. The third-order valence-electron chi connectivity index (χ3n) is 2.87. The molecule has 0 saturated heterocycles. The lowest BCUT2D eigenvalue weighted by Crippen LogP contribution is -2.39. The van der Waals surface area contributed by atoms with E-state index in [9.17, 15) is 4.79 Å². The molecule has 1 unspecified atom stereocenters. The molecule has 1 heterocycles. The number of carbonyl (C=O) groups is 1. The van der Waals surface area contributed by atoms with E-state index in [1.807, 2.05) is 39.0 Å². The first-order chi connectivity index (χ1) is 8.13. The van der Waals surface area contributed by atoms with Crippen molar-refractivity contribution < 1.29 is 9.53 Å². The van der Waals surface area contributed by atoms with Crippen molar-refractivity contribution in [3.63, 3.8) is 0 Å². The van der Waals surface area contributed by atoms with Crippen LogP contribution in [0.4, 0.5) is 10.5 Å². The van der Waals surface area contributed by atoms with Crippen LogP contribution in [0.5, 0.6) is 0 Å². The number of rotatable bonds is 1. The van der Waals surface area contributed by atoms with Gasteiger partial charge < -0.3 is 4.74 Å². The van der Waals surface area contributed by atoms with Crippen LogP contribution in [0.2, 0.25) is 0 Å². The minimum Gasteiger partial charge on any atom is -0.449 e. The van der Waals surface area contributed by atoms with E-state index < -0.39 is 0 Å². The highest BCUT2D eigenvalue weighted by Crippen LogP contribution is 2.30. The highest BCUT2D eigenvalue weighted by molar-refractivity contribution is 5.93. The molecule has 0 saturated carbocycles. The van der Waals surface area contributed by atoms with Gasteiger partial charge in [-0.05, 0) is 38.5 Å². The summed E-state index contributed by atoms with van der Waals surface area (Å²) in [4.78, 5) is 13.6. The Balaban J connectivity index is 2.41. The largest absolute Gasteiger partial charge is 0.449 e. The number of fused-ring (bicyclic) bond motifs is 1. The second-order valence-electron chi connectivity index (χ2n) is 4.23. The molecule has 1 amide bonds. The number of hydrogen-bond acceptors (Lipinski definition) is 2. The zero-order valence-corrected chi connectivity index (χ0v) is 10.4. The lowest BCUT2D eigenvalue weighted by atomic mass is 10.0. The molecule has 90 valence electrons. The van der Waals surface area contributed by atoms with Crippen molar-refractivity contribution in [2.45, 2.75) is 26.8 Å². The van der Waals surface area contributed by atoms with E-state index in [4.69, 9.17) is 4.74 Å². The maximum Gasteiger partial charge on any atom is 0.414 e. The monoisotopic (exact) mass is 231 g/mol. The molecule has 1 aliphatic heterocycles. The van der Waals surface area contributed by atoms with Crippen molar-refractivity contribution >= 4 is 17.9 Å². The van der Waals surface area contributed by atoms with E-state index in [1.54, 1.807) is 4.90 Å². The lowest BCUT2D eigenvalue weighted by Gasteiger charge is -2.31. The molecule has 1 aliphatic rings. The summed E-state index contributed by atoms with van der Waals surface area (Å²) in [5.41, 5.74) is 3.17. The van der Waals surface area contributed by atoms with Crippen molar-refractivity contribution in [1.82, 2.24) is 0 Å². The fourth-order valence-electron chi connectivity index (χ4n) is 2.03. The van der Waals surface area contributed by atoms with Crippen LogP contribution in [-0.4, -0.2) is 18.7 Å². The molecule has 0 spiro atoms. The first-order valence-corrected chi connectivity index (χ1v) is 5.88. The Morgan fingerprint density at radius 1 is 1.47 bits per heavy atom. The number of carbonyl (C=O) groups excluding carboxylic acids is 1. The number of aryl methyl sites for hydroxylation is 1. The van der Waals surface area contributed by atoms with Crippen molar-refractivity contribution in [1.29, 1.82) is 0 Å². The van der Waals surface area contributed by atoms with Gasteiger partial charge in [-0.1, -0.05) is 23.8 Å².